The van der Waals surface area contributed by atoms with Crippen LogP contribution in [0.5, 0.6) is 0 Å². The maximum Gasteiger partial charge on any atom is 0.125 e. The summed E-state index contributed by atoms with van der Waals surface area (Å²) in [6, 6.07) is 5.08. The molecule has 0 spiro atoms. The molecule has 1 nitrogen and oxygen atoms in total. The monoisotopic (exact) mass is 163 g/mol. The average Bonchev–Trinajstić information content (AvgIpc) is 2.82. The first-order valence-electron chi connectivity index (χ1n) is 4.38. The van der Waals surface area contributed by atoms with Crippen molar-refractivity contribution in [3.05, 3.63) is 29.6 Å². The maximum absolute atomic E-state index is 12.8. The summed E-state index contributed by atoms with van der Waals surface area (Å²) in [6.45, 7) is 1.03. The van der Waals surface area contributed by atoms with Crippen molar-refractivity contribution in [2.24, 2.45) is 5.92 Å². The Morgan fingerprint density at radius 1 is 1.42 bits per heavy atom. The van der Waals surface area contributed by atoms with Gasteiger partial charge in [0.15, 0.2) is 0 Å². The summed E-state index contributed by atoms with van der Waals surface area (Å²) >= 11 is 0. The van der Waals surface area contributed by atoms with Gasteiger partial charge in [0.05, 0.1) is 0 Å². The summed E-state index contributed by atoms with van der Waals surface area (Å²) in [5, 5.41) is 3.25. The minimum atomic E-state index is -0.139. The molecule has 3 rings (SSSR count). The molecule has 1 heterocycles. The molecule has 2 aliphatic rings. The topological polar surface area (TPSA) is 12.0 Å². The van der Waals surface area contributed by atoms with Crippen molar-refractivity contribution >= 4 is 5.69 Å². The van der Waals surface area contributed by atoms with E-state index in [1.807, 2.05) is 6.07 Å². The van der Waals surface area contributed by atoms with Gasteiger partial charge < -0.3 is 5.32 Å². The van der Waals surface area contributed by atoms with Crippen LogP contribution in [-0.2, 0) is 0 Å². The van der Waals surface area contributed by atoms with Crippen molar-refractivity contribution in [3.8, 4) is 0 Å². The number of hydrogen-bond donors (Lipinski definition) is 1. The Kier molecular flexibility index (Phi) is 1.08. The molecule has 1 aromatic rings. The SMILES string of the molecule is Fc1ccc2c(c1)NCC1CC21. The molecular formula is C10H10FN. The first-order valence-corrected chi connectivity index (χ1v) is 4.38. The van der Waals surface area contributed by atoms with E-state index in [1.54, 1.807) is 12.1 Å². The van der Waals surface area contributed by atoms with Gasteiger partial charge in [-0.15, -0.1) is 0 Å². The van der Waals surface area contributed by atoms with Crippen LogP contribution in [0.3, 0.4) is 0 Å². The van der Waals surface area contributed by atoms with E-state index in [0.717, 1.165) is 24.1 Å². The number of halogens is 1. The second-order valence-electron chi connectivity index (χ2n) is 3.71. The van der Waals surface area contributed by atoms with Gasteiger partial charge in [0.25, 0.3) is 0 Å². The quantitative estimate of drug-likeness (QED) is 0.619. The fourth-order valence-corrected chi connectivity index (χ4v) is 2.10. The molecule has 1 saturated carbocycles. The van der Waals surface area contributed by atoms with Crippen molar-refractivity contribution in [1.29, 1.82) is 0 Å². The number of benzene rings is 1. The van der Waals surface area contributed by atoms with E-state index in [9.17, 15) is 4.39 Å². The van der Waals surface area contributed by atoms with Gasteiger partial charge in [-0.25, -0.2) is 4.39 Å². The summed E-state index contributed by atoms with van der Waals surface area (Å²) in [7, 11) is 0. The van der Waals surface area contributed by atoms with Crippen LogP contribution in [-0.4, -0.2) is 6.54 Å². The Morgan fingerprint density at radius 2 is 2.33 bits per heavy atom. The first kappa shape index (κ1) is 6.46. The fraction of sp³-hybridized carbons (Fsp3) is 0.400. The molecule has 0 radical (unpaired) electrons. The zero-order valence-corrected chi connectivity index (χ0v) is 6.68. The van der Waals surface area contributed by atoms with Gasteiger partial charge in [0.2, 0.25) is 0 Å². The van der Waals surface area contributed by atoms with Crippen molar-refractivity contribution in [1.82, 2.24) is 0 Å². The van der Waals surface area contributed by atoms with Gasteiger partial charge in [-0.05, 0) is 36.0 Å². The highest BCUT2D eigenvalue weighted by Gasteiger charge is 2.42. The molecule has 0 amide bonds. The molecule has 2 unspecified atom stereocenters. The van der Waals surface area contributed by atoms with Crippen LogP contribution in [0.1, 0.15) is 17.9 Å². The Labute approximate surface area is 70.6 Å². The summed E-state index contributed by atoms with van der Waals surface area (Å²) in [5.74, 6) is 1.41. The van der Waals surface area contributed by atoms with Crippen molar-refractivity contribution in [3.63, 3.8) is 0 Å². The van der Waals surface area contributed by atoms with Gasteiger partial charge in [-0.3, -0.25) is 0 Å². The average molecular weight is 163 g/mol. The van der Waals surface area contributed by atoms with Crippen molar-refractivity contribution < 1.29 is 4.39 Å². The number of rotatable bonds is 0. The lowest BCUT2D eigenvalue weighted by atomic mass is 10.0. The largest absolute Gasteiger partial charge is 0.384 e. The van der Waals surface area contributed by atoms with E-state index in [1.165, 1.54) is 12.0 Å². The van der Waals surface area contributed by atoms with Gasteiger partial charge in [0, 0.05) is 12.2 Å². The van der Waals surface area contributed by atoms with Crippen LogP contribution in [0.25, 0.3) is 0 Å². The van der Waals surface area contributed by atoms with E-state index < -0.39 is 0 Å². The van der Waals surface area contributed by atoms with Gasteiger partial charge in [-0.2, -0.15) is 0 Å². The van der Waals surface area contributed by atoms with Crippen molar-refractivity contribution in [2.45, 2.75) is 12.3 Å². The standard InChI is InChI=1S/C10H10FN/c11-7-1-2-8-9-3-6(9)5-12-10(8)4-7/h1-2,4,6,9,12H,3,5H2. The number of nitrogens with one attached hydrogen (secondary N) is 1. The number of anilines is 1. The molecule has 2 atom stereocenters. The third-order valence-corrected chi connectivity index (χ3v) is 2.89. The van der Waals surface area contributed by atoms with Crippen LogP contribution >= 0.6 is 0 Å². The summed E-state index contributed by atoms with van der Waals surface area (Å²) < 4.78 is 12.8. The van der Waals surface area contributed by atoms with Crippen LogP contribution < -0.4 is 5.32 Å². The second kappa shape index (κ2) is 2.00. The molecule has 0 aromatic heterocycles. The molecule has 1 aliphatic carbocycles. The fourth-order valence-electron chi connectivity index (χ4n) is 2.10. The predicted octanol–water partition coefficient (Wildman–Crippen LogP) is 2.35. The maximum atomic E-state index is 12.8. The van der Waals surface area contributed by atoms with Crippen LogP contribution in [0.15, 0.2) is 18.2 Å². The van der Waals surface area contributed by atoms with Crippen LogP contribution in [0.4, 0.5) is 10.1 Å². The molecule has 1 aliphatic heterocycles. The molecule has 1 N–H and O–H groups in total. The van der Waals surface area contributed by atoms with E-state index >= 15 is 0 Å². The van der Waals surface area contributed by atoms with Gasteiger partial charge in [-0.1, -0.05) is 6.07 Å². The molecule has 12 heavy (non-hydrogen) atoms. The molecule has 2 heteroatoms. The highest BCUT2D eigenvalue weighted by Crippen LogP contribution is 2.52. The number of hydrogen-bond acceptors (Lipinski definition) is 1. The Balaban J connectivity index is 2.12. The van der Waals surface area contributed by atoms with E-state index in [4.69, 9.17) is 0 Å². The molecule has 1 aromatic carbocycles. The summed E-state index contributed by atoms with van der Waals surface area (Å²) in [5.41, 5.74) is 2.32. The second-order valence-corrected chi connectivity index (χ2v) is 3.71. The minimum absolute atomic E-state index is 0.139. The van der Waals surface area contributed by atoms with E-state index in [0.29, 0.717) is 0 Å². The zero-order chi connectivity index (χ0) is 8.13. The van der Waals surface area contributed by atoms with E-state index in [-0.39, 0.29) is 5.82 Å². The summed E-state index contributed by atoms with van der Waals surface area (Å²) in [4.78, 5) is 0. The highest BCUT2D eigenvalue weighted by atomic mass is 19.1. The summed E-state index contributed by atoms with van der Waals surface area (Å²) in [6.07, 6.45) is 1.28. The van der Waals surface area contributed by atoms with Crippen LogP contribution in [0.2, 0.25) is 0 Å². The molecule has 1 fully saturated rings. The predicted molar refractivity (Wildman–Crippen MR) is 45.7 cm³/mol. The van der Waals surface area contributed by atoms with Gasteiger partial charge >= 0.3 is 0 Å². The smallest absolute Gasteiger partial charge is 0.125 e. The molecular weight excluding hydrogens is 153 g/mol. The molecule has 0 saturated heterocycles. The zero-order valence-electron chi connectivity index (χ0n) is 6.68. The van der Waals surface area contributed by atoms with Gasteiger partial charge in [0.1, 0.15) is 5.82 Å². The third-order valence-electron chi connectivity index (χ3n) is 2.89. The number of fused-ring (bicyclic) bond motifs is 3. The van der Waals surface area contributed by atoms with Crippen molar-refractivity contribution in [2.75, 3.05) is 11.9 Å². The lowest BCUT2D eigenvalue weighted by molar-refractivity contribution is 0.626. The van der Waals surface area contributed by atoms with E-state index in [2.05, 4.69) is 5.32 Å². The Morgan fingerprint density at radius 3 is 3.25 bits per heavy atom. The lowest BCUT2D eigenvalue weighted by Gasteiger charge is -2.16. The minimum Gasteiger partial charge on any atom is -0.384 e. The molecule has 62 valence electrons. The Bertz CT molecular complexity index is 335. The lowest BCUT2D eigenvalue weighted by Crippen LogP contribution is -2.11. The first-order chi connectivity index (χ1) is 5.84. The third kappa shape index (κ3) is 0.779. The van der Waals surface area contributed by atoms with Crippen LogP contribution in [0, 0.1) is 11.7 Å². The highest BCUT2D eigenvalue weighted by molar-refractivity contribution is 5.57. The normalized spacial score (nSPS) is 30.1. The molecule has 0 bridgehead atoms. The Hall–Kier alpha value is -1.05.